The Labute approximate surface area is 114 Å². The van der Waals surface area contributed by atoms with E-state index in [1.165, 1.54) is 11.6 Å². The maximum atomic E-state index is 12.3. The van der Waals surface area contributed by atoms with Crippen molar-refractivity contribution in [1.29, 1.82) is 0 Å². The van der Waals surface area contributed by atoms with Crippen LogP contribution in [-0.4, -0.2) is 18.7 Å². The summed E-state index contributed by atoms with van der Waals surface area (Å²) in [7, 11) is 3.23. The molecule has 20 heavy (non-hydrogen) atoms. The number of hydrogen-bond donors (Lipinski definition) is 0. The van der Waals surface area contributed by atoms with Gasteiger partial charge in [0, 0.05) is 14.1 Å². The Hall–Kier alpha value is -2.63. The van der Waals surface area contributed by atoms with Crippen LogP contribution in [0.1, 0.15) is 5.56 Å². The summed E-state index contributed by atoms with van der Waals surface area (Å²) in [6.45, 7) is 0.390. The fraction of sp³-hybridized carbons (Fsp3) is 0.214. The van der Waals surface area contributed by atoms with E-state index in [-0.39, 0.29) is 11.2 Å². The molecule has 0 unspecified atom stereocenters. The molecule has 1 aromatic carbocycles. The van der Waals surface area contributed by atoms with Crippen molar-refractivity contribution in [2.45, 2.75) is 6.54 Å². The van der Waals surface area contributed by atoms with Gasteiger partial charge in [0.15, 0.2) is 11.2 Å². The molecule has 0 radical (unpaired) electrons. The van der Waals surface area contributed by atoms with Crippen molar-refractivity contribution in [3.8, 4) is 0 Å². The molecule has 0 bridgehead atoms. The summed E-state index contributed by atoms with van der Waals surface area (Å²) in [4.78, 5) is 28.6. The molecule has 0 aliphatic carbocycles. The van der Waals surface area contributed by atoms with E-state index in [1.54, 1.807) is 17.9 Å². The summed E-state index contributed by atoms with van der Waals surface area (Å²) < 4.78 is 4.28. The quantitative estimate of drug-likeness (QED) is 0.680. The molecule has 3 rings (SSSR count). The van der Waals surface area contributed by atoms with Gasteiger partial charge in [-0.1, -0.05) is 30.3 Å². The number of aromatic nitrogens is 4. The summed E-state index contributed by atoms with van der Waals surface area (Å²) in [5, 5.41) is 0. The van der Waals surface area contributed by atoms with E-state index in [0.717, 1.165) is 10.1 Å². The minimum absolute atomic E-state index is 0.325. The van der Waals surface area contributed by atoms with Gasteiger partial charge in [-0.3, -0.25) is 13.9 Å². The van der Waals surface area contributed by atoms with Crippen LogP contribution in [0.4, 0.5) is 0 Å². The normalized spacial score (nSPS) is 11.1. The Bertz CT molecular complexity index is 887. The van der Waals surface area contributed by atoms with Crippen LogP contribution in [0.15, 0.2) is 46.2 Å². The van der Waals surface area contributed by atoms with E-state index in [1.807, 2.05) is 30.3 Å². The molecule has 0 N–H and O–H groups in total. The van der Waals surface area contributed by atoms with E-state index in [2.05, 4.69) is 4.98 Å². The Balaban J connectivity index is 2.31. The molecule has 6 heteroatoms. The Morgan fingerprint density at radius 2 is 1.80 bits per heavy atom. The monoisotopic (exact) mass is 270 g/mol. The zero-order valence-electron chi connectivity index (χ0n) is 11.3. The summed E-state index contributed by atoms with van der Waals surface area (Å²) in [6.07, 6.45) is 1.55. The lowest BCUT2D eigenvalue weighted by molar-refractivity contribution is 0.667. The predicted molar refractivity (Wildman–Crippen MR) is 75.8 cm³/mol. The zero-order valence-corrected chi connectivity index (χ0v) is 11.3. The number of imidazole rings is 1. The van der Waals surface area contributed by atoms with Crippen LogP contribution in [0.3, 0.4) is 0 Å². The summed E-state index contributed by atoms with van der Waals surface area (Å²) in [5.74, 6) is 0. The fourth-order valence-electron chi connectivity index (χ4n) is 2.29. The SMILES string of the molecule is Cn1c(=O)c2c(ncn2C)n(Cc2ccccc2)c1=O. The lowest BCUT2D eigenvalue weighted by Gasteiger charge is -2.09. The Morgan fingerprint density at radius 3 is 2.50 bits per heavy atom. The average Bonchev–Trinajstić information content (AvgIpc) is 2.84. The molecule has 2 aromatic heterocycles. The van der Waals surface area contributed by atoms with Crippen LogP contribution in [0.25, 0.3) is 11.2 Å². The molecular formula is C14H14N4O2. The van der Waals surface area contributed by atoms with Crippen molar-refractivity contribution in [2.24, 2.45) is 14.1 Å². The average molecular weight is 270 g/mol. The van der Waals surface area contributed by atoms with Crippen LogP contribution < -0.4 is 11.2 Å². The van der Waals surface area contributed by atoms with Gasteiger partial charge in [0.05, 0.1) is 12.9 Å². The third-order valence-electron chi connectivity index (χ3n) is 3.38. The second-order valence-corrected chi connectivity index (χ2v) is 4.75. The third-order valence-corrected chi connectivity index (χ3v) is 3.38. The van der Waals surface area contributed by atoms with Gasteiger partial charge in [-0.15, -0.1) is 0 Å². The van der Waals surface area contributed by atoms with Gasteiger partial charge in [0.25, 0.3) is 5.56 Å². The molecule has 0 atom stereocenters. The standard InChI is InChI=1S/C14H14N4O2/c1-16-9-15-12-11(16)13(19)17(2)14(20)18(12)8-10-6-4-3-5-7-10/h3-7,9H,8H2,1-2H3. The lowest BCUT2D eigenvalue weighted by Crippen LogP contribution is -2.38. The highest BCUT2D eigenvalue weighted by Crippen LogP contribution is 2.07. The fourth-order valence-corrected chi connectivity index (χ4v) is 2.29. The summed E-state index contributed by atoms with van der Waals surface area (Å²) in [6, 6.07) is 9.62. The minimum atomic E-state index is -0.356. The topological polar surface area (TPSA) is 61.8 Å². The molecular weight excluding hydrogens is 256 g/mol. The van der Waals surface area contributed by atoms with Crippen molar-refractivity contribution >= 4 is 11.2 Å². The highest BCUT2D eigenvalue weighted by Gasteiger charge is 2.14. The van der Waals surface area contributed by atoms with Crippen molar-refractivity contribution in [3.63, 3.8) is 0 Å². The van der Waals surface area contributed by atoms with Crippen molar-refractivity contribution in [1.82, 2.24) is 18.7 Å². The van der Waals surface area contributed by atoms with E-state index < -0.39 is 0 Å². The Morgan fingerprint density at radius 1 is 1.10 bits per heavy atom. The van der Waals surface area contributed by atoms with Gasteiger partial charge in [0.1, 0.15) is 0 Å². The molecule has 102 valence electrons. The van der Waals surface area contributed by atoms with Gasteiger partial charge in [-0.25, -0.2) is 9.78 Å². The highest BCUT2D eigenvalue weighted by molar-refractivity contribution is 5.70. The van der Waals surface area contributed by atoms with Crippen LogP contribution in [0, 0.1) is 0 Å². The van der Waals surface area contributed by atoms with Crippen molar-refractivity contribution in [2.75, 3.05) is 0 Å². The molecule has 0 amide bonds. The minimum Gasteiger partial charge on any atom is -0.328 e. The molecule has 2 heterocycles. The predicted octanol–water partition coefficient (Wildman–Crippen LogP) is 0.482. The van der Waals surface area contributed by atoms with E-state index in [0.29, 0.717) is 17.7 Å². The maximum absolute atomic E-state index is 12.3. The van der Waals surface area contributed by atoms with Gasteiger partial charge < -0.3 is 4.57 Å². The van der Waals surface area contributed by atoms with Crippen LogP contribution in [0.2, 0.25) is 0 Å². The molecule has 0 saturated carbocycles. The number of rotatable bonds is 2. The first kappa shape index (κ1) is 12.4. The first-order chi connectivity index (χ1) is 9.59. The van der Waals surface area contributed by atoms with Crippen molar-refractivity contribution in [3.05, 3.63) is 63.1 Å². The highest BCUT2D eigenvalue weighted by atomic mass is 16.2. The number of benzene rings is 1. The van der Waals surface area contributed by atoms with Crippen LogP contribution >= 0.6 is 0 Å². The molecule has 6 nitrogen and oxygen atoms in total. The lowest BCUT2D eigenvalue weighted by atomic mass is 10.2. The van der Waals surface area contributed by atoms with E-state index in [9.17, 15) is 9.59 Å². The van der Waals surface area contributed by atoms with Gasteiger partial charge in [-0.2, -0.15) is 0 Å². The maximum Gasteiger partial charge on any atom is 0.332 e. The Kier molecular flexibility index (Phi) is 2.78. The smallest absolute Gasteiger partial charge is 0.328 e. The molecule has 0 aliphatic rings. The molecule has 0 spiro atoms. The van der Waals surface area contributed by atoms with E-state index in [4.69, 9.17) is 0 Å². The number of fused-ring (bicyclic) bond motifs is 1. The van der Waals surface area contributed by atoms with Gasteiger partial charge in [-0.05, 0) is 5.56 Å². The van der Waals surface area contributed by atoms with Crippen LogP contribution in [0.5, 0.6) is 0 Å². The molecule has 0 aliphatic heterocycles. The summed E-state index contributed by atoms with van der Waals surface area (Å²) >= 11 is 0. The first-order valence-electron chi connectivity index (χ1n) is 6.24. The second-order valence-electron chi connectivity index (χ2n) is 4.75. The van der Waals surface area contributed by atoms with Gasteiger partial charge in [0.2, 0.25) is 0 Å². The van der Waals surface area contributed by atoms with Gasteiger partial charge >= 0.3 is 5.69 Å². The first-order valence-corrected chi connectivity index (χ1v) is 6.24. The third kappa shape index (κ3) is 1.77. The van der Waals surface area contributed by atoms with E-state index >= 15 is 0 Å². The molecule has 0 saturated heterocycles. The number of hydrogen-bond acceptors (Lipinski definition) is 3. The van der Waals surface area contributed by atoms with Crippen molar-refractivity contribution < 1.29 is 0 Å². The zero-order chi connectivity index (χ0) is 14.3. The molecule has 3 aromatic rings. The number of aryl methyl sites for hydroxylation is 1. The molecule has 0 fully saturated rings. The second kappa shape index (κ2) is 4.48. The largest absolute Gasteiger partial charge is 0.332 e. The number of nitrogens with zero attached hydrogens (tertiary/aromatic N) is 4. The summed E-state index contributed by atoms with van der Waals surface area (Å²) in [5.41, 5.74) is 1.16. The van der Waals surface area contributed by atoms with Crippen LogP contribution in [-0.2, 0) is 20.6 Å².